The Morgan fingerprint density at radius 2 is 2.18 bits per heavy atom. The zero-order chi connectivity index (χ0) is 15.9. The van der Waals surface area contributed by atoms with Crippen molar-refractivity contribution in [2.75, 3.05) is 11.9 Å². The maximum atomic E-state index is 10.8. The van der Waals surface area contributed by atoms with Crippen LogP contribution in [0, 0.1) is 11.8 Å². The van der Waals surface area contributed by atoms with Gasteiger partial charge in [-0.1, -0.05) is 11.6 Å². The minimum atomic E-state index is -3.87. The fourth-order valence-corrected chi connectivity index (χ4v) is 3.57. The Balaban J connectivity index is 1.60. The van der Waals surface area contributed by atoms with Gasteiger partial charge in [-0.25, -0.2) is 4.98 Å². The van der Waals surface area contributed by atoms with Crippen molar-refractivity contribution in [1.82, 2.24) is 19.5 Å². The molecule has 2 unspecified atom stereocenters. The summed E-state index contributed by atoms with van der Waals surface area (Å²) in [6.45, 7) is 0.754. The van der Waals surface area contributed by atoms with E-state index in [0.29, 0.717) is 29.4 Å². The first-order valence-electron chi connectivity index (χ1n) is 7.02. The van der Waals surface area contributed by atoms with Crippen LogP contribution in [0.15, 0.2) is 6.33 Å². The van der Waals surface area contributed by atoms with E-state index in [9.17, 15) is 4.57 Å². The number of fused-ring (bicyclic) bond motifs is 1. The van der Waals surface area contributed by atoms with Gasteiger partial charge in [0.05, 0.1) is 6.33 Å². The van der Waals surface area contributed by atoms with E-state index in [-0.39, 0.29) is 17.3 Å². The summed E-state index contributed by atoms with van der Waals surface area (Å²) in [6.07, 6.45) is 4.08. The van der Waals surface area contributed by atoms with Crippen molar-refractivity contribution >= 4 is 36.3 Å². The third-order valence-electron chi connectivity index (χ3n) is 3.96. The highest BCUT2D eigenvalue weighted by Crippen LogP contribution is 2.45. The first-order valence-corrected chi connectivity index (χ1v) is 9.19. The Labute approximate surface area is 131 Å². The molecule has 4 N–H and O–H groups in total. The van der Waals surface area contributed by atoms with Crippen molar-refractivity contribution in [3.05, 3.63) is 11.5 Å². The molecule has 0 radical (unpaired) electrons. The van der Waals surface area contributed by atoms with Gasteiger partial charge in [-0.05, 0) is 31.1 Å². The topological polar surface area (TPSA) is 127 Å². The quantitative estimate of drug-likeness (QED) is 0.536. The largest absolute Gasteiger partial charge is 0.368 e. The molecule has 1 aliphatic carbocycles. The third kappa shape index (κ3) is 3.57. The number of anilines is 1. The van der Waals surface area contributed by atoms with Crippen molar-refractivity contribution in [3.63, 3.8) is 0 Å². The zero-order valence-electron chi connectivity index (χ0n) is 11.8. The summed E-state index contributed by atoms with van der Waals surface area (Å²) in [5, 5.41) is 0.246. The van der Waals surface area contributed by atoms with Gasteiger partial charge in [0.15, 0.2) is 10.8 Å². The minimum Gasteiger partial charge on any atom is -0.368 e. The highest BCUT2D eigenvalue weighted by Gasteiger charge is 2.37. The van der Waals surface area contributed by atoms with E-state index >= 15 is 0 Å². The third-order valence-corrected chi connectivity index (χ3v) is 5.13. The van der Waals surface area contributed by atoms with Gasteiger partial charge in [0.2, 0.25) is 5.95 Å². The fourth-order valence-electron chi connectivity index (χ4n) is 2.76. The lowest BCUT2D eigenvalue weighted by Gasteiger charge is -2.05. The van der Waals surface area contributed by atoms with Crippen molar-refractivity contribution < 1.29 is 14.4 Å². The number of imidazole rings is 1. The second-order valence-electron chi connectivity index (χ2n) is 5.73. The molecule has 0 saturated heterocycles. The Kier molecular flexibility index (Phi) is 4.11. The Morgan fingerprint density at radius 1 is 1.41 bits per heavy atom. The number of rotatable bonds is 6. The van der Waals surface area contributed by atoms with Crippen LogP contribution in [-0.2, 0) is 11.1 Å². The molecule has 2 heterocycles. The highest BCUT2D eigenvalue weighted by atomic mass is 35.5. The predicted molar refractivity (Wildman–Crippen MR) is 82.5 cm³/mol. The molecule has 1 aliphatic rings. The molecule has 1 fully saturated rings. The lowest BCUT2D eigenvalue weighted by Crippen LogP contribution is -2.03. The van der Waals surface area contributed by atoms with Crippen molar-refractivity contribution in [3.8, 4) is 0 Å². The Bertz CT molecular complexity index is 746. The van der Waals surface area contributed by atoms with Crippen LogP contribution in [0.25, 0.3) is 11.2 Å². The number of halogens is 1. The van der Waals surface area contributed by atoms with E-state index < -0.39 is 7.60 Å². The van der Waals surface area contributed by atoms with E-state index in [1.807, 2.05) is 4.57 Å². The summed E-state index contributed by atoms with van der Waals surface area (Å²) in [6, 6.07) is 0. The van der Waals surface area contributed by atoms with Crippen LogP contribution in [0.2, 0.25) is 5.15 Å². The maximum absolute atomic E-state index is 10.8. The summed E-state index contributed by atoms with van der Waals surface area (Å²) >= 11 is 5.99. The van der Waals surface area contributed by atoms with Gasteiger partial charge in [-0.15, -0.1) is 0 Å². The van der Waals surface area contributed by atoms with E-state index in [1.165, 1.54) is 0 Å². The van der Waals surface area contributed by atoms with Crippen LogP contribution in [0.5, 0.6) is 0 Å². The summed E-state index contributed by atoms with van der Waals surface area (Å²) in [7, 11) is -3.87. The van der Waals surface area contributed by atoms with Crippen molar-refractivity contribution in [1.29, 1.82) is 0 Å². The lowest BCUT2D eigenvalue weighted by atomic mass is 10.2. The number of hydrogen-bond acceptors (Lipinski definition) is 5. The molecule has 0 aliphatic heterocycles. The number of aromatic nitrogens is 4. The number of nitrogens with zero attached hydrogens (tertiary/aromatic N) is 4. The van der Waals surface area contributed by atoms with Gasteiger partial charge < -0.3 is 20.1 Å². The molecular formula is C12H17ClN5O3P. The second kappa shape index (κ2) is 5.77. The molecule has 0 spiro atoms. The molecule has 0 bridgehead atoms. The number of nitrogen functional groups attached to an aromatic ring is 1. The first-order chi connectivity index (χ1) is 10.3. The van der Waals surface area contributed by atoms with Gasteiger partial charge in [-0.2, -0.15) is 9.97 Å². The normalized spacial score (nSPS) is 21.4. The lowest BCUT2D eigenvalue weighted by molar-refractivity contribution is 0.370. The first kappa shape index (κ1) is 15.7. The summed E-state index contributed by atoms with van der Waals surface area (Å²) in [5.74, 6) is 1.09. The van der Waals surface area contributed by atoms with Crippen LogP contribution in [0.1, 0.15) is 19.3 Å². The summed E-state index contributed by atoms with van der Waals surface area (Å²) in [5.41, 5.74) is 6.77. The van der Waals surface area contributed by atoms with Gasteiger partial charge in [0.25, 0.3) is 0 Å². The van der Waals surface area contributed by atoms with Crippen LogP contribution in [-0.4, -0.2) is 35.5 Å². The van der Waals surface area contributed by atoms with Gasteiger partial charge >= 0.3 is 7.60 Å². The van der Waals surface area contributed by atoms with Crippen LogP contribution in [0.3, 0.4) is 0 Å². The number of nitrogens with two attached hydrogens (primary N) is 1. The molecule has 8 nitrogen and oxygen atoms in total. The summed E-state index contributed by atoms with van der Waals surface area (Å²) in [4.78, 5) is 30.0. The molecule has 22 heavy (non-hydrogen) atoms. The molecule has 1 saturated carbocycles. The van der Waals surface area contributed by atoms with Crippen molar-refractivity contribution in [2.45, 2.75) is 25.8 Å². The molecule has 10 heteroatoms. The standard InChI is InChI=1S/C12H17ClN5O3P/c13-10-9-11(17-12(14)16-10)18(6-15-9)5-8-4-7(8)2-1-3-22(19,20)21/h6-8H,1-5H2,(H2,14,16,17)(H2,19,20,21). The molecule has 0 aromatic carbocycles. The average molecular weight is 346 g/mol. The van der Waals surface area contributed by atoms with Crippen LogP contribution < -0.4 is 5.73 Å². The van der Waals surface area contributed by atoms with Crippen molar-refractivity contribution in [2.24, 2.45) is 11.8 Å². The maximum Gasteiger partial charge on any atom is 0.325 e. The van der Waals surface area contributed by atoms with E-state index in [4.69, 9.17) is 27.1 Å². The summed E-state index contributed by atoms with van der Waals surface area (Å²) < 4.78 is 12.7. The van der Waals surface area contributed by atoms with E-state index in [1.54, 1.807) is 6.33 Å². The smallest absolute Gasteiger partial charge is 0.325 e. The molecule has 0 amide bonds. The fraction of sp³-hybridized carbons (Fsp3) is 0.583. The Morgan fingerprint density at radius 3 is 2.91 bits per heavy atom. The predicted octanol–water partition coefficient (Wildman–Crippen LogP) is 1.66. The zero-order valence-corrected chi connectivity index (χ0v) is 13.4. The second-order valence-corrected chi connectivity index (χ2v) is 7.86. The molecular weight excluding hydrogens is 329 g/mol. The average Bonchev–Trinajstić information content (AvgIpc) is 2.99. The van der Waals surface area contributed by atoms with E-state index in [2.05, 4.69) is 15.0 Å². The minimum absolute atomic E-state index is 0.0381. The van der Waals surface area contributed by atoms with Gasteiger partial charge in [-0.3, -0.25) is 4.57 Å². The highest BCUT2D eigenvalue weighted by molar-refractivity contribution is 7.51. The molecule has 2 atom stereocenters. The number of hydrogen-bond donors (Lipinski definition) is 3. The van der Waals surface area contributed by atoms with E-state index in [0.717, 1.165) is 19.4 Å². The van der Waals surface area contributed by atoms with Crippen LogP contribution in [0.4, 0.5) is 5.95 Å². The van der Waals surface area contributed by atoms with Gasteiger partial charge in [0, 0.05) is 12.7 Å². The van der Waals surface area contributed by atoms with Gasteiger partial charge in [0.1, 0.15) is 5.52 Å². The molecule has 2 aromatic rings. The van der Waals surface area contributed by atoms with Crippen LogP contribution >= 0.6 is 19.2 Å². The monoisotopic (exact) mass is 345 g/mol. The Hall–Kier alpha value is -1.21. The SMILES string of the molecule is Nc1nc(Cl)c2ncn(CC3CC3CCCP(=O)(O)O)c2n1. The molecule has 2 aromatic heterocycles. The molecule has 120 valence electrons. The molecule has 3 rings (SSSR count).